The lowest BCUT2D eigenvalue weighted by atomic mass is 10.0. The van der Waals surface area contributed by atoms with E-state index in [0.717, 1.165) is 12.8 Å². The number of nitrogens with zero attached hydrogens (tertiary/aromatic N) is 1. The summed E-state index contributed by atoms with van der Waals surface area (Å²) in [4.78, 5) is 16.1. The van der Waals surface area contributed by atoms with Crippen LogP contribution in [0.2, 0.25) is 5.02 Å². The third-order valence-electron chi connectivity index (χ3n) is 3.02. The van der Waals surface area contributed by atoms with Gasteiger partial charge >= 0.3 is 0 Å². The zero-order valence-corrected chi connectivity index (χ0v) is 11.8. The molecule has 0 aliphatic rings. The zero-order valence-electron chi connectivity index (χ0n) is 11.1. The van der Waals surface area contributed by atoms with Gasteiger partial charge in [-0.2, -0.15) is 0 Å². The Morgan fingerprint density at radius 1 is 1.39 bits per heavy atom. The fourth-order valence-corrected chi connectivity index (χ4v) is 1.83. The Morgan fingerprint density at radius 3 is 2.61 bits per heavy atom. The lowest BCUT2D eigenvalue weighted by molar-refractivity contribution is 0.0941. The molecule has 0 unspecified atom stereocenters. The first-order valence-electron chi connectivity index (χ1n) is 6.24. The largest absolute Gasteiger partial charge is 0.373 e. The van der Waals surface area contributed by atoms with E-state index in [1.807, 2.05) is 0 Å². The molecule has 1 aromatic heterocycles. The van der Waals surface area contributed by atoms with Gasteiger partial charge in [-0.3, -0.25) is 4.79 Å². The maximum Gasteiger partial charge on any atom is 0.271 e. The van der Waals surface area contributed by atoms with Gasteiger partial charge in [0.15, 0.2) is 0 Å². The second-order valence-electron chi connectivity index (χ2n) is 4.17. The molecule has 0 aliphatic heterocycles. The van der Waals surface area contributed by atoms with Crippen molar-refractivity contribution in [3.05, 3.63) is 22.8 Å². The van der Waals surface area contributed by atoms with Gasteiger partial charge in [0.25, 0.3) is 5.91 Å². The molecule has 0 spiro atoms. The van der Waals surface area contributed by atoms with E-state index in [1.165, 1.54) is 0 Å². The van der Waals surface area contributed by atoms with Crippen molar-refractivity contribution >= 4 is 23.3 Å². The first kappa shape index (κ1) is 14.8. The monoisotopic (exact) mass is 269 g/mol. The number of rotatable bonds is 6. The number of carbonyl (C=O) groups is 1. The minimum absolute atomic E-state index is 0.219. The summed E-state index contributed by atoms with van der Waals surface area (Å²) >= 11 is 5.98. The van der Waals surface area contributed by atoms with Crippen molar-refractivity contribution in [2.45, 2.75) is 26.7 Å². The SMILES string of the molecule is CCC(CC)CNC(=O)c1nc(NC)ccc1Cl. The number of hydrogen-bond acceptors (Lipinski definition) is 3. The van der Waals surface area contributed by atoms with E-state index in [4.69, 9.17) is 11.6 Å². The Morgan fingerprint density at radius 2 is 2.06 bits per heavy atom. The standard InChI is InChI=1S/C13H20ClN3O/c1-4-9(5-2)8-16-13(18)12-10(14)6-7-11(15-3)17-12/h6-7,9H,4-5,8H2,1-3H3,(H,15,17)(H,16,18). The molecule has 1 aromatic rings. The molecule has 1 rings (SSSR count). The van der Waals surface area contributed by atoms with Crippen LogP contribution in [0.4, 0.5) is 5.82 Å². The van der Waals surface area contributed by atoms with Gasteiger partial charge in [-0.1, -0.05) is 38.3 Å². The van der Waals surface area contributed by atoms with Crippen LogP contribution in [0.15, 0.2) is 12.1 Å². The predicted molar refractivity (Wildman–Crippen MR) is 75.2 cm³/mol. The van der Waals surface area contributed by atoms with Crippen molar-refractivity contribution in [3.8, 4) is 0 Å². The number of hydrogen-bond donors (Lipinski definition) is 2. The highest BCUT2D eigenvalue weighted by atomic mass is 35.5. The fraction of sp³-hybridized carbons (Fsp3) is 0.538. The highest BCUT2D eigenvalue weighted by Gasteiger charge is 2.14. The second kappa shape index (κ2) is 7.21. The van der Waals surface area contributed by atoms with Gasteiger partial charge in [0.1, 0.15) is 11.5 Å². The molecule has 0 saturated carbocycles. The first-order valence-corrected chi connectivity index (χ1v) is 6.62. The molecule has 100 valence electrons. The van der Waals surface area contributed by atoms with Crippen LogP contribution in [-0.4, -0.2) is 24.5 Å². The third kappa shape index (κ3) is 3.88. The van der Waals surface area contributed by atoms with Gasteiger partial charge in [-0.25, -0.2) is 4.98 Å². The number of aromatic nitrogens is 1. The van der Waals surface area contributed by atoms with E-state index in [2.05, 4.69) is 29.5 Å². The molecule has 0 fully saturated rings. The third-order valence-corrected chi connectivity index (χ3v) is 3.33. The van der Waals surface area contributed by atoms with Crippen molar-refractivity contribution in [3.63, 3.8) is 0 Å². The van der Waals surface area contributed by atoms with Crippen LogP contribution in [0.3, 0.4) is 0 Å². The Kier molecular flexibility index (Phi) is 5.92. The zero-order chi connectivity index (χ0) is 13.5. The number of carbonyl (C=O) groups excluding carboxylic acids is 1. The molecule has 2 N–H and O–H groups in total. The molecule has 0 radical (unpaired) electrons. The van der Waals surface area contributed by atoms with Gasteiger partial charge in [0, 0.05) is 13.6 Å². The number of pyridine rings is 1. The van der Waals surface area contributed by atoms with Crippen molar-refractivity contribution < 1.29 is 4.79 Å². The summed E-state index contributed by atoms with van der Waals surface area (Å²) in [7, 11) is 1.75. The summed E-state index contributed by atoms with van der Waals surface area (Å²) in [6.07, 6.45) is 2.10. The van der Waals surface area contributed by atoms with Crippen LogP contribution in [0.25, 0.3) is 0 Å². The molecule has 5 heteroatoms. The second-order valence-corrected chi connectivity index (χ2v) is 4.58. The molecule has 0 atom stereocenters. The van der Waals surface area contributed by atoms with Crippen molar-refractivity contribution in [1.82, 2.24) is 10.3 Å². The van der Waals surface area contributed by atoms with Crippen LogP contribution in [-0.2, 0) is 0 Å². The van der Waals surface area contributed by atoms with Crippen LogP contribution >= 0.6 is 11.6 Å². The summed E-state index contributed by atoms with van der Waals surface area (Å²) in [5.74, 6) is 0.913. The average Bonchev–Trinajstić information content (AvgIpc) is 2.40. The Bertz CT molecular complexity index is 405. The van der Waals surface area contributed by atoms with E-state index < -0.39 is 0 Å². The van der Waals surface area contributed by atoms with E-state index in [0.29, 0.717) is 23.3 Å². The Balaban J connectivity index is 2.71. The van der Waals surface area contributed by atoms with Crippen LogP contribution in [0, 0.1) is 5.92 Å². The maximum atomic E-state index is 12.0. The smallest absolute Gasteiger partial charge is 0.271 e. The highest BCUT2D eigenvalue weighted by Crippen LogP contribution is 2.16. The van der Waals surface area contributed by atoms with Crippen LogP contribution < -0.4 is 10.6 Å². The summed E-state index contributed by atoms with van der Waals surface area (Å²) in [5, 5.41) is 6.14. The molecular formula is C13H20ClN3O. The van der Waals surface area contributed by atoms with Gasteiger partial charge < -0.3 is 10.6 Å². The molecule has 18 heavy (non-hydrogen) atoms. The Labute approximate surface area is 113 Å². The minimum atomic E-state index is -0.219. The van der Waals surface area contributed by atoms with Gasteiger partial charge in [-0.05, 0) is 18.1 Å². The molecular weight excluding hydrogens is 250 g/mol. The number of anilines is 1. The predicted octanol–water partition coefficient (Wildman–Crippen LogP) is 2.94. The van der Waals surface area contributed by atoms with Gasteiger partial charge in [0.2, 0.25) is 0 Å². The van der Waals surface area contributed by atoms with E-state index in [1.54, 1.807) is 19.2 Å². The topological polar surface area (TPSA) is 54.0 Å². The summed E-state index contributed by atoms with van der Waals surface area (Å²) in [6.45, 7) is 4.90. The normalized spacial score (nSPS) is 10.5. The summed E-state index contributed by atoms with van der Waals surface area (Å²) in [6, 6.07) is 3.41. The number of nitrogens with one attached hydrogen (secondary N) is 2. The molecule has 0 bridgehead atoms. The van der Waals surface area contributed by atoms with E-state index in [-0.39, 0.29) is 11.6 Å². The minimum Gasteiger partial charge on any atom is -0.373 e. The van der Waals surface area contributed by atoms with Crippen molar-refractivity contribution in [2.75, 3.05) is 18.9 Å². The van der Waals surface area contributed by atoms with Gasteiger partial charge in [0.05, 0.1) is 5.02 Å². The lowest BCUT2D eigenvalue weighted by Gasteiger charge is -2.13. The van der Waals surface area contributed by atoms with E-state index >= 15 is 0 Å². The number of halogens is 1. The van der Waals surface area contributed by atoms with E-state index in [9.17, 15) is 4.79 Å². The molecule has 0 saturated heterocycles. The van der Waals surface area contributed by atoms with Crippen LogP contribution in [0.5, 0.6) is 0 Å². The fourth-order valence-electron chi connectivity index (χ4n) is 1.64. The lowest BCUT2D eigenvalue weighted by Crippen LogP contribution is -2.29. The van der Waals surface area contributed by atoms with Crippen LogP contribution in [0.1, 0.15) is 37.2 Å². The quantitative estimate of drug-likeness (QED) is 0.835. The summed E-state index contributed by atoms with van der Waals surface area (Å²) in [5.41, 5.74) is 0.273. The van der Waals surface area contributed by atoms with Crippen molar-refractivity contribution in [1.29, 1.82) is 0 Å². The highest BCUT2D eigenvalue weighted by molar-refractivity contribution is 6.33. The Hall–Kier alpha value is -1.29. The average molecular weight is 270 g/mol. The molecule has 0 aliphatic carbocycles. The number of amides is 1. The molecule has 1 heterocycles. The maximum absolute atomic E-state index is 12.0. The molecule has 4 nitrogen and oxygen atoms in total. The van der Waals surface area contributed by atoms with Gasteiger partial charge in [-0.15, -0.1) is 0 Å². The molecule has 0 aromatic carbocycles. The summed E-state index contributed by atoms with van der Waals surface area (Å²) < 4.78 is 0. The van der Waals surface area contributed by atoms with Crippen molar-refractivity contribution in [2.24, 2.45) is 5.92 Å². The first-order chi connectivity index (χ1) is 8.62. The molecule has 1 amide bonds.